The zero-order valence-electron chi connectivity index (χ0n) is 17.1. The SMILES string of the molecule is C[C@@](C#N)(OCCO)[C@@H]1COc2c(F)ccc(F)c2[C@H]1S(=O)(=O)c1ccc(C(F)(F)F)cc1. The van der Waals surface area contributed by atoms with Gasteiger partial charge in [0.2, 0.25) is 0 Å². The van der Waals surface area contributed by atoms with Crippen LogP contribution in [0.3, 0.4) is 0 Å². The number of nitriles is 1. The van der Waals surface area contributed by atoms with Crippen LogP contribution in [0.5, 0.6) is 5.75 Å². The zero-order valence-corrected chi connectivity index (χ0v) is 17.9. The maximum absolute atomic E-state index is 14.9. The number of hydrogen-bond donors (Lipinski definition) is 1. The normalized spacial score (nSPS) is 20.3. The summed E-state index contributed by atoms with van der Waals surface area (Å²) in [5.74, 6) is -4.29. The van der Waals surface area contributed by atoms with Gasteiger partial charge in [-0.3, -0.25) is 0 Å². The molecule has 0 fully saturated rings. The van der Waals surface area contributed by atoms with E-state index < -0.39 is 79.4 Å². The summed E-state index contributed by atoms with van der Waals surface area (Å²) in [6.45, 7) is -0.256. The van der Waals surface area contributed by atoms with E-state index in [0.717, 1.165) is 6.07 Å². The van der Waals surface area contributed by atoms with Gasteiger partial charge < -0.3 is 14.6 Å². The van der Waals surface area contributed by atoms with E-state index in [4.69, 9.17) is 14.6 Å². The smallest absolute Gasteiger partial charge is 0.416 e. The van der Waals surface area contributed by atoms with Crippen molar-refractivity contribution in [2.45, 2.75) is 28.8 Å². The van der Waals surface area contributed by atoms with Gasteiger partial charge in [0, 0.05) is 0 Å². The van der Waals surface area contributed by atoms with Gasteiger partial charge in [0.1, 0.15) is 11.1 Å². The number of hydrogen-bond acceptors (Lipinski definition) is 6. The number of fused-ring (bicyclic) bond motifs is 1. The Hall–Kier alpha value is -2.75. The molecule has 2 aromatic carbocycles. The van der Waals surface area contributed by atoms with E-state index >= 15 is 0 Å². The number of aliphatic hydroxyl groups is 1. The topological polar surface area (TPSA) is 96.6 Å². The van der Waals surface area contributed by atoms with Crippen LogP contribution >= 0.6 is 0 Å². The summed E-state index contributed by atoms with van der Waals surface area (Å²) in [4.78, 5) is -0.593. The van der Waals surface area contributed by atoms with Crippen LogP contribution < -0.4 is 4.74 Å². The second-order valence-corrected chi connectivity index (χ2v) is 9.54. The first-order chi connectivity index (χ1) is 15.4. The van der Waals surface area contributed by atoms with Gasteiger partial charge in [0.25, 0.3) is 0 Å². The minimum absolute atomic E-state index is 0.369. The fourth-order valence-electron chi connectivity index (χ4n) is 3.70. The summed E-state index contributed by atoms with van der Waals surface area (Å²) in [5.41, 5.74) is -3.74. The van der Waals surface area contributed by atoms with Crippen LogP contribution in [0.4, 0.5) is 22.0 Å². The third kappa shape index (κ3) is 4.53. The molecule has 0 spiro atoms. The number of halogens is 5. The number of aliphatic hydroxyl groups excluding tert-OH is 1. The number of benzene rings is 2. The Labute approximate surface area is 186 Å². The first-order valence-electron chi connectivity index (χ1n) is 9.54. The molecule has 2 aromatic rings. The summed E-state index contributed by atoms with van der Waals surface area (Å²) in [6, 6.07) is 5.73. The third-order valence-electron chi connectivity index (χ3n) is 5.42. The first kappa shape index (κ1) is 24.9. The Morgan fingerprint density at radius 2 is 1.76 bits per heavy atom. The second kappa shape index (κ2) is 8.89. The monoisotopic (exact) mass is 491 g/mol. The molecule has 0 saturated heterocycles. The Bertz CT molecular complexity index is 1180. The molecule has 33 heavy (non-hydrogen) atoms. The molecule has 1 aliphatic rings. The van der Waals surface area contributed by atoms with Crippen molar-refractivity contribution in [2.75, 3.05) is 19.8 Å². The molecule has 0 radical (unpaired) electrons. The molecule has 0 unspecified atom stereocenters. The summed E-state index contributed by atoms with van der Waals surface area (Å²) in [6.07, 6.45) is -4.72. The lowest BCUT2D eigenvalue weighted by Crippen LogP contribution is -2.48. The van der Waals surface area contributed by atoms with Gasteiger partial charge in [-0.05, 0) is 43.3 Å². The van der Waals surface area contributed by atoms with E-state index in [1.165, 1.54) is 6.92 Å². The average Bonchev–Trinajstić information content (AvgIpc) is 2.78. The Morgan fingerprint density at radius 1 is 1.15 bits per heavy atom. The van der Waals surface area contributed by atoms with Gasteiger partial charge in [-0.2, -0.15) is 18.4 Å². The van der Waals surface area contributed by atoms with Crippen molar-refractivity contribution in [1.29, 1.82) is 5.26 Å². The lowest BCUT2D eigenvalue weighted by atomic mass is 9.83. The van der Waals surface area contributed by atoms with Crippen LogP contribution in [0.2, 0.25) is 0 Å². The van der Waals surface area contributed by atoms with Crippen molar-refractivity contribution < 1.29 is 45.0 Å². The third-order valence-corrected chi connectivity index (χ3v) is 7.58. The van der Waals surface area contributed by atoms with Crippen molar-refractivity contribution in [3.63, 3.8) is 0 Å². The molecule has 6 nitrogen and oxygen atoms in total. The Balaban J connectivity index is 2.22. The predicted octanol–water partition coefficient (Wildman–Crippen LogP) is 3.80. The number of nitrogens with zero attached hydrogens (tertiary/aromatic N) is 1. The molecule has 3 atom stereocenters. The highest BCUT2D eigenvalue weighted by molar-refractivity contribution is 7.91. The highest BCUT2D eigenvalue weighted by Crippen LogP contribution is 2.49. The van der Waals surface area contributed by atoms with E-state index in [9.17, 15) is 35.6 Å². The molecule has 1 N–H and O–H groups in total. The van der Waals surface area contributed by atoms with Gasteiger partial charge in [0.05, 0.1) is 47.8 Å². The fraction of sp³-hybridized carbons (Fsp3) is 0.381. The highest BCUT2D eigenvalue weighted by atomic mass is 32.2. The lowest BCUT2D eigenvalue weighted by molar-refractivity contribution is -0.137. The number of ether oxygens (including phenoxy) is 2. The first-order valence-corrected chi connectivity index (χ1v) is 11.1. The molecule has 0 saturated carbocycles. The quantitative estimate of drug-likeness (QED) is 0.618. The van der Waals surface area contributed by atoms with Crippen molar-refractivity contribution in [3.05, 3.63) is 59.2 Å². The van der Waals surface area contributed by atoms with Crippen molar-refractivity contribution >= 4 is 9.84 Å². The van der Waals surface area contributed by atoms with Crippen LogP contribution in [0, 0.1) is 28.9 Å². The summed E-state index contributed by atoms with van der Waals surface area (Å²) in [5, 5.41) is 16.9. The number of sulfone groups is 1. The van der Waals surface area contributed by atoms with E-state index in [0.29, 0.717) is 30.3 Å². The van der Waals surface area contributed by atoms with E-state index in [1.54, 1.807) is 6.07 Å². The maximum Gasteiger partial charge on any atom is 0.416 e. The molecular weight excluding hydrogens is 473 g/mol. The van der Waals surface area contributed by atoms with E-state index in [2.05, 4.69) is 0 Å². The van der Waals surface area contributed by atoms with Crippen LogP contribution in [-0.4, -0.2) is 38.9 Å². The Morgan fingerprint density at radius 3 is 2.30 bits per heavy atom. The van der Waals surface area contributed by atoms with Gasteiger partial charge in [-0.25, -0.2) is 17.2 Å². The van der Waals surface area contributed by atoms with Crippen LogP contribution in [0.1, 0.15) is 23.3 Å². The van der Waals surface area contributed by atoms with E-state index in [-0.39, 0.29) is 6.61 Å². The summed E-state index contributed by atoms with van der Waals surface area (Å²) in [7, 11) is -4.69. The number of alkyl halides is 3. The van der Waals surface area contributed by atoms with Gasteiger partial charge in [-0.1, -0.05) is 0 Å². The molecule has 0 aliphatic carbocycles. The van der Waals surface area contributed by atoms with Crippen LogP contribution in [0.15, 0.2) is 41.3 Å². The second-order valence-electron chi connectivity index (χ2n) is 7.47. The van der Waals surface area contributed by atoms with Crippen molar-refractivity contribution in [1.82, 2.24) is 0 Å². The van der Waals surface area contributed by atoms with Crippen molar-refractivity contribution in [2.24, 2.45) is 5.92 Å². The largest absolute Gasteiger partial charge is 0.490 e. The average molecular weight is 491 g/mol. The van der Waals surface area contributed by atoms with Crippen LogP contribution in [0.25, 0.3) is 0 Å². The van der Waals surface area contributed by atoms with Crippen molar-refractivity contribution in [3.8, 4) is 11.8 Å². The Kier molecular flexibility index (Phi) is 6.70. The summed E-state index contributed by atoms with van der Waals surface area (Å²) < 4.78 is 106. The fourth-order valence-corrected chi connectivity index (χ4v) is 5.81. The number of rotatable bonds is 6. The molecule has 0 aromatic heterocycles. The minimum atomic E-state index is -4.72. The zero-order chi connectivity index (χ0) is 24.6. The molecule has 1 heterocycles. The van der Waals surface area contributed by atoms with E-state index in [1.807, 2.05) is 0 Å². The predicted molar refractivity (Wildman–Crippen MR) is 104 cm³/mol. The molecule has 12 heteroatoms. The van der Waals surface area contributed by atoms with Gasteiger partial charge in [-0.15, -0.1) is 0 Å². The summed E-state index contributed by atoms with van der Waals surface area (Å²) >= 11 is 0. The molecule has 1 aliphatic heterocycles. The van der Waals surface area contributed by atoms with Gasteiger partial charge >= 0.3 is 6.18 Å². The molecular formula is C21H18F5NO5S. The lowest BCUT2D eigenvalue weighted by Gasteiger charge is -2.40. The molecule has 0 amide bonds. The molecule has 0 bridgehead atoms. The maximum atomic E-state index is 14.9. The highest BCUT2D eigenvalue weighted by Gasteiger charge is 2.52. The molecule has 178 valence electrons. The van der Waals surface area contributed by atoms with Crippen LogP contribution in [-0.2, 0) is 20.8 Å². The standard InChI is InChI=1S/C21H18F5NO5S/c1-20(11-27,32-9-8-28)14-10-31-18-16(23)7-6-15(22)17(18)19(14)33(29,30)13-4-2-12(3-5-13)21(24,25)26/h2-7,14,19,28H,8-10H2,1H3/t14-,19+,20+/m1/s1. The molecule has 3 rings (SSSR count). The van der Waals surface area contributed by atoms with Gasteiger partial charge in [0.15, 0.2) is 27.0 Å². The minimum Gasteiger partial charge on any atom is -0.490 e.